The summed E-state index contributed by atoms with van der Waals surface area (Å²) in [6.45, 7) is 3.62. The summed E-state index contributed by atoms with van der Waals surface area (Å²) in [5.74, 6) is 0.842. The number of allylic oxidation sites excluding steroid dienone is 1. The van der Waals surface area contributed by atoms with Gasteiger partial charge in [0.2, 0.25) is 5.43 Å². The van der Waals surface area contributed by atoms with Crippen LogP contribution in [0.3, 0.4) is 0 Å². The number of amides is 1. The number of hydrogen-bond acceptors (Lipinski definition) is 5. The van der Waals surface area contributed by atoms with E-state index in [0.29, 0.717) is 36.5 Å². The van der Waals surface area contributed by atoms with Crippen LogP contribution < -0.4 is 15.6 Å². The van der Waals surface area contributed by atoms with Crippen LogP contribution in [0.4, 0.5) is 14.6 Å². The standard InChI is InChI=1S/C33H36F2N4O3/c1-33(15-20-11-21-13-22(16-33)25(21)12-20)37-32(42)26-18-39(28-6-4-23(34)14-27(28)35)31-24(30(26)41)5-7-29(36-31)38-9-2-3-19(17-38)8-10-40/h4-7,14,16,18-21,25,40H,2-3,8-13,15,17H2,1H3,(H,37,42). The van der Waals surface area contributed by atoms with Gasteiger partial charge >= 0.3 is 0 Å². The van der Waals surface area contributed by atoms with Crippen LogP contribution in [0.25, 0.3) is 16.7 Å². The highest BCUT2D eigenvalue weighted by Gasteiger charge is 2.49. The SMILES string of the molecule is CC1(NC(=O)c2cn(-c3ccc(F)cc3F)c3nc(N4CCCC(CCO)C4)ccc3c2=O)C=C2CC3CC(CC23)C1. The molecule has 0 radical (unpaired) electrons. The molecule has 1 aliphatic heterocycles. The van der Waals surface area contributed by atoms with Crippen molar-refractivity contribution >= 4 is 22.8 Å². The molecular weight excluding hydrogens is 538 g/mol. The molecule has 220 valence electrons. The lowest BCUT2D eigenvalue weighted by Gasteiger charge is -2.39. The topological polar surface area (TPSA) is 87.5 Å². The first-order valence-corrected chi connectivity index (χ1v) is 15.1. The lowest BCUT2D eigenvalue weighted by Crippen LogP contribution is -2.48. The number of aromatic nitrogens is 2. The third-order valence-corrected chi connectivity index (χ3v) is 10.0. The first-order chi connectivity index (χ1) is 20.2. The van der Waals surface area contributed by atoms with E-state index in [4.69, 9.17) is 4.98 Å². The van der Waals surface area contributed by atoms with Crippen LogP contribution in [0.1, 0.15) is 62.2 Å². The number of rotatable bonds is 6. The molecule has 1 aromatic carbocycles. The highest BCUT2D eigenvalue weighted by atomic mass is 19.1. The monoisotopic (exact) mass is 574 g/mol. The van der Waals surface area contributed by atoms with Crippen LogP contribution in [0.5, 0.6) is 0 Å². The van der Waals surface area contributed by atoms with Gasteiger partial charge in [0.05, 0.1) is 16.6 Å². The summed E-state index contributed by atoms with van der Waals surface area (Å²) in [6.07, 6.45) is 10.5. The van der Waals surface area contributed by atoms with E-state index in [0.717, 1.165) is 50.3 Å². The molecule has 3 aliphatic carbocycles. The first-order valence-electron chi connectivity index (χ1n) is 15.1. The molecule has 3 heterocycles. The predicted molar refractivity (Wildman–Crippen MR) is 157 cm³/mol. The van der Waals surface area contributed by atoms with Gasteiger partial charge < -0.3 is 15.3 Å². The molecule has 3 fully saturated rings. The second-order valence-corrected chi connectivity index (χ2v) is 13.0. The largest absolute Gasteiger partial charge is 0.396 e. The number of halogens is 2. The van der Waals surface area contributed by atoms with E-state index in [1.807, 2.05) is 6.92 Å². The number of aliphatic hydroxyl groups is 1. The summed E-state index contributed by atoms with van der Waals surface area (Å²) >= 11 is 0. The van der Waals surface area contributed by atoms with Crippen LogP contribution in [-0.4, -0.2) is 45.8 Å². The minimum atomic E-state index is -0.824. The maximum atomic E-state index is 15.2. The van der Waals surface area contributed by atoms with Gasteiger partial charge in [-0.2, -0.15) is 0 Å². The van der Waals surface area contributed by atoms with E-state index >= 15 is 4.39 Å². The van der Waals surface area contributed by atoms with Crippen molar-refractivity contribution in [1.82, 2.24) is 14.9 Å². The van der Waals surface area contributed by atoms with Crippen molar-refractivity contribution in [2.75, 3.05) is 24.6 Å². The van der Waals surface area contributed by atoms with Crippen molar-refractivity contribution in [1.29, 1.82) is 0 Å². The normalized spacial score (nSPS) is 28.3. The summed E-state index contributed by atoms with van der Waals surface area (Å²) in [4.78, 5) is 34.5. The highest BCUT2D eigenvalue weighted by Crippen LogP contribution is 2.57. The van der Waals surface area contributed by atoms with E-state index in [1.165, 1.54) is 35.2 Å². The quantitative estimate of drug-likeness (QED) is 0.399. The lowest BCUT2D eigenvalue weighted by atomic mass is 9.69. The van der Waals surface area contributed by atoms with Gasteiger partial charge in [-0.25, -0.2) is 13.8 Å². The van der Waals surface area contributed by atoms with Gasteiger partial charge in [0.1, 0.15) is 23.0 Å². The zero-order valence-corrected chi connectivity index (χ0v) is 23.8. The molecule has 7 nitrogen and oxygen atoms in total. The van der Waals surface area contributed by atoms with Crippen molar-refractivity contribution in [3.8, 4) is 5.69 Å². The maximum Gasteiger partial charge on any atom is 0.257 e. The van der Waals surface area contributed by atoms with Crippen molar-refractivity contribution in [2.45, 2.75) is 57.4 Å². The van der Waals surface area contributed by atoms with Crippen LogP contribution in [-0.2, 0) is 0 Å². The third-order valence-electron chi connectivity index (χ3n) is 10.0. The fraction of sp³-hybridized carbons (Fsp3) is 0.485. The average Bonchev–Trinajstić information content (AvgIpc) is 3.21. The number of benzene rings is 1. The number of nitrogens with one attached hydrogen (secondary N) is 1. The Morgan fingerprint density at radius 2 is 2.07 bits per heavy atom. The summed E-state index contributed by atoms with van der Waals surface area (Å²) in [5, 5.41) is 12.8. The molecule has 2 bridgehead atoms. The van der Waals surface area contributed by atoms with Crippen molar-refractivity contribution in [2.24, 2.45) is 23.7 Å². The van der Waals surface area contributed by atoms with Crippen LogP contribution in [0.2, 0.25) is 0 Å². The number of anilines is 1. The predicted octanol–water partition coefficient (Wildman–Crippen LogP) is 5.13. The Hall–Kier alpha value is -3.59. The minimum absolute atomic E-state index is 0.00230. The smallest absolute Gasteiger partial charge is 0.257 e. The van der Waals surface area contributed by atoms with Crippen LogP contribution >= 0.6 is 0 Å². The number of hydrogen-bond donors (Lipinski definition) is 2. The second-order valence-electron chi connectivity index (χ2n) is 13.0. The van der Waals surface area contributed by atoms with E-state index in [1.54, 1.807) is 12.1 Å². The zero-order chi connectivity index (χ0) is 29.2. The van der Waals surface area contributed by atoms with E-state index in [9.17, 15) is 19.1 Å². The fourth-order valence-electron chi connectivity index (χ4n) is 8.11. The molecule has 2 aromatic heterocycles. The summed E-state index contributed by atoms with van der Waals surface area (Å²) < 4.78 is 30.5. The molecule has 3 aromatic rings. The van der Waals surface area contributed by atoms with E-state index in [-0.39, 0.29) is 28.9 Å². The number of pyridine rings is 2. The number of carbonyl (C=O) groups is 1. The van der Waals surface area contributed by atoms with Crippen LogP contribution in [0.15, 0.2) is 53.0 Å². The number of aliphatic hydroxyl groups excluding tert-OH is 1. The van der Waals surface area contributed by atoms with Gasteiger partial charge in [0, 0.05) is 32.0 Å². The van der Waals surface area contributed by atoms with Gasteiger partial charge in [-0.15, -0.1) is 0 Å². The molecule has 1 amide bonds. The van der Waals surface area contributed by atoms with Crippen molar-refractivity contribution in [3.05, 3.63) is 75.6 Å². The number of fused-ring (bicyclic) bond motifs is 2. The number of piperidine rings is 1. The Balaban J connectivity index is 1.30. The molecule has 4 aliphatic rings. The lowest BCUT2D eigenvalue weighted by molar-refractivity contribution is 0.0910. The number of carbonyl (C=O) groups excluding carboxylic acids is 1. The van der Waals surface area contributed by atoms with Crippen molar-refractivity contribution in [3.63, 3.8) is 0 Å². The van der Waals surface area contributed by atoms with Crippen molar-refractivity contribution < 1.29 is 18.7 Å². The molecule has 7 rings (SSSR count). The molecule has 5 unspecified atom stereocenters. The maximum absolute atomic E-state index is 15.2. The molecule has 42 heavy (non-hydrogen) atoms. The first kappa shape index (κ1) is 27.3. The molecular formula is C33H36F2N4O3. The summed E-state index contributed by atoms with van der Waals surface area (Å²) in [5.41, 5.74) is 0.436. The van der Waals surface area contributed by atoms with Gasteiger partial charge in [-0.05, 0) is 99.8 Å². The molecule has 5 atom stereocenters. The van der Waals surface area contributed by atoms with Gasteiger partial charge in [-0.3, -0.25) is 14.2 Å². The minimum Gasteiger partial charge on any atom is -0.396 e. The van der Waals surface area contributed by atoms with Gasteiger partial charge in [-0.1, -0.05) is 11.6 Å². The Labute approximate surface area is 243 Å². The molecule has 0 spiro atoms. The Morgan fingerprint density at radius 1 is 1.21 bits per heavy atom. The van der Waals surface area contributed by atoms with E-state index in [2.05, 4.69) is 16.3 Å². The molecule has 2 saturated carbocycles. The highest BCUT2D eigenvalue weighted by molar-refractivity contribution is 5.98. The fourth-order valence-corrected chi connectivity index (χ4v) is 8.11. The second kappa shape index (κ2) is 10.3. The zero-order valence-electron chi connectivity index (χ0n) is 23.8. The Kier molecular flexibility index (Phi) is 6.68. The Morgan fingerprint density at radius 3 is 2.88 bits per heavy atom. The average molecular weight is 575 g/mol. The van der Waals surface area contributed by atoms with E-state index < -0.39 is 28.5 Å². The molecule has 9 heteroatoms. The summed E-state index contributed by atoms with van der Waals surface area (Å²) in [7, 11) is 0. The number of nitrogens with zero attached hydrogens (tertiary/aromatic N) is 3. The molecule has 2 N–H and O–H groups in total. The Bertz CT molecular complexity index is 1670. The van der Waals surface area contributed by atoms with Gasteiger partial charge in [0.15, 0.2) is 5.65 Å². The van der Waals surface area contributed by atoms with Crippen LogP contribution in [0, 0.1) is 35.3 Å². The third kappa shape index (κ3) is 4.71. The molecule has 1 saturated heterocycles. The summed E-state index contributed by atoms with van der Waals surface area (Å²) in [6, 6.07) is 6.64. The van der Waals surface area contributed by atoms with Gasteiger partial charge in [0.25, 0.3) is 5.91 Å².